The van der Waals surface area contributed by atoms with E-state index in [1.807, 2.05) is 0 Å². The van der Waals surface area contributed by atoms with Crippen LogP contribution in [0.4, 0.5) is 0 Å². The fraction of sp³-hybridized carbons (Fsp3) is 1.00. The second kappa shape index (κ2) is 5.15. The number of hydrazine groups is 1. The third-order valence-electron chi connectivity index (χ3n) is 1.22. The van der Waals surface area contributed by atoms with Gasteiger partial charge in [0.05, 0.1) is 13.7 Å². The summed E-state index contributed by atoms with van der Waals surface area (Å²) in [5, 5.41) is 10.5. The highest BCUT2D eigenvalue weighted by atomic mass is 35.5. The Morgan fingerprint density at radius 3 is 2.73 bits per heavy atom. The van der Waals surface area contributed by atoms with Gasteiger partial charge in [-0.25, -0.2) is 10.1 Å². The Kier molecular flexibility index (Phi) is 4.89. The average Bonchev–Trinajstić information content (AvgIpc) is 1.98. The van der Waals surface area contributed by atoms with Crippen LogP contribution in [0.1, 0.15) is 6.92 Å². The third kappa shape index (κ3) is 4.00. The largest absolute Gasteiger partial charge is 0.352 e. The summed E-state index contributed by atoms with van der Waals surface area (Å²) < 4.78 is 4.97. The fourth-order valence-electron chi connectivity index (χ4n) is 0.456. The number of hydrogen-bond acceptors (Lipinski definition) is 3. The summed E-state index contributed by atoms with van der Waals surface area (Å²) >= 11 is 5.32. The molecule has 0 aliphatic carbocycles. The molecule has 0 N–H and O–H groups in total. The van der Waals surface area contributed by atoms with Crippen LogP contribution in [-0.2, 0) is 4.74 Å². The first-order valence-electron chi connectivity index (χ1n) is 3.14. The van der Waals surface area contributed by atoms with Crippen molar-refractivity contribution in [3.05, 3.63) is 10.1 Å². The Hall–Kier alpha value is -0.550. The SMILES string of the molecule is CC(OCCCl)N(C)[N+](=O)[O-]. The molecule has 0 rings (SSSR count). The van der Waals surface area contributed by atoms with Crippen LogP contribution in [0, 0.1) is 10.1 Å². The number of hydrogen-bond donors (Lipinski definition) is 0. The molecule has 0 fully saturated rings. The van der Waals surface area contributed by atoms with E-state index in [0.717, 1.165) is 5.01 Å². The first-order chi connectivity index (χ1) is 5.09. The second-order valence-electron chi connectivity index (χ2n) is 1.97. The highest BCUT2D eigenvalue weighted by molar-refractivity contribution is 6.17. The summed E-state index contributed by atoms with van der Waals surface area (Å²) in [6, 6.07) is 0. The lowest BCUT2D eigenvalue weighted by molar-refractivity contribution is -0.668. The Bertz CT molecular complexity index is 133. The number of halogens is 1. The lowest BCUT2D eigenvalue weighted by Gasteiger charge is -2.16. The van der Waals surface area contributed by atoms with E-state index in [0.29, 0.717) is 12.5 Å². The normalized spacial score (nSPS) is 12.6. The van der Waals surface area contributed by atoms with E-state index in [1.54, 1.807) is 6.92 Å². The summed E-state index contributed by atoms with van der Waals surface area (Å²) in [6.07, 6.45) is -0.538. The Morgan fingerprint density at radius 2 is 2.36 bits per heavy atom. The van der Waals surface area contributed by atoms with Crippen LogP contribution in [-0.4, -0.2) is 35.8 Å². The highest BCUT2D eigenvalue weighted by Crippen LogP contribution is 1.97. The van der Waals surface area contributed by atoms with Crippen molar-refractivity contribution in [3.63, 3.8) is 0 Å². The molecular formula is C5H11ClN2O3. The molecule has 0 aromatic carbocycles. The summed E-state index contributed by atoms with van der Waals surface area (Å²) in [4.78, 5) is 10.1. The lowest BCUT2D eigenvalue weighted by Crippen LogP contribution is -2.36. The van der Waals surface area contributed by atoms with Gasteiger partial charge in [0.15, 0.2) is 11.3 Å². The van der Waals surface area contributed by atoms with E-state index in [4.69, 9.17) is 16.3 Å². The van der Waals surface area contributed by atoms with E-state index >= 15 is 0 Å². The van der Waals surface area contributed by atoms with Gasteiger partial charge >= 0.3 is 0 Å². The predicted octanol–water partition coefficient (Wildman–Crippen LogP) is 0.711. The molecular weight excluding hydrogens is 172 g/mol. The van der Waals surface area contributed by atoms with Crippen LogP contribution >= 0.6 is 11.6 Å². The van der Waals surface area contributed by atoms with Gasteiger partial charge in [0.25, 0.3) is 0 Å². The van der Waals surface area contributed by atoms with Crippen molar-refractivity contribution < 1.29 is 9.77 Å². The summed E-state index contributed by atoms with van der Waals surface area (Å²) in [5.41, 5.74) is 0. The van der Waals surface area contributed by atoms with Crippen molar-refractivity contribution in [1.29, 1.82) is 0 Å². The predicted molar refractivity (Wildman–Crippen MR) is 40.9 cm³/mol. The number of alkyl halides is 1. The zero-order valence-corrected chi connectivity index (χ0v) is 7.24. The molecule has 0 aliphatic heterocycles. The highest BCUT2D eigenvalue weighted by Gasteiger charge is 2.16. The van der Waals surface area contributed by atoms with Gasteiger partial charge < -0.3 is 4.74 Å². The van der Waals surface area contributed by atoms with E-state index in [-0.39, 0.29) is 0 Å². The lowest BCUT2D eigenvalue weighted by atomic mass is 10.6. The molecule has 66 valence electrons. The molecule has 5 nitrogen and oxygen atoms in total. The Morgan fingerprint density at radius 1 is 1.82 bits per heavy atom. The molecule has 6 heteroatoms. The second-order valence-corrected chi connectivity index (χ2v) is 2.35. The van der Waals surface area contributed by atoms with Crippen molar-refractivity contribution >= 4 is 11.6 Å². The Balaban J connectivity index is 3.63. The quantitative estimate of drug-likeness (QED) is 0.272. The first kappa shape index (κ1) is 10.4. The molecule has 1 unspecified atom stereocenters. The van der Waals surface area contributed by atoms with Gasteiger partial charge in [0.1, 0.15) is 0 Å². The van der Waals surface area contributed by atoms with E-state index in [1.165, 1.54) is 7.05 Å². The van der Waals surface area contributed by atoms with Crippen LogP contribution in [0.3, 0.4) is 0 Å². The van der Waals surface area contributed by atoms with Crippen LogP contribution in [0.5, 0.6) is 0 Å². The molecule has 0 heterocycles. The first-order valence-corrected chi connectivity index (χ1v) is 3.67. The van der Waals surface area contributed by atoms with Gasteiger partial charge in [-0.2, -0.15) is 0 Å². The fourth-order valence-corrected chi connectivity index (χ4v) is 0.545. The van der Waals surface area contributed by atoms with Gasteiger partial charge in [-0.1, -0.05) is 0 Å². The maximum Gasteiger partial charge on any atom is 0.183 e. The molecule has 0 aromatic rings. The monoisotopic (exact) mass is 182 g/mol. The summed E-state index contributed by atoms with van der Waals surface area (Å²) in [6.45, 7) is 1.91. The number of nitrogens with zero attached hydrogens (tertiary/aromatic N) is 2. The van der Waals surface area contributed by atoms with E-state index < -0.39 is 11.3 Å². The molecule has 0 radical (unpaired) electrons. The molecule has 1 atom stereocenters. The van der Waals surface area contributed by atoms with E-state index in [2.05, 4.69) is 0 Å². The van der Waals surface area contributed by atoms with Gasteiger partial charge in [-0.05, 0) is 6.92 Å². The molecule has 0 bridgehead atoms. The molecule has 0 aromatic heterocycles. The maximum atomic E-state index is 10.1. The molecule has 0 saturated heterocycles. The zero-order chi connectivity index (χ0) is 8.85. The van der Waals surface area contributed by atoms with Crippen molar-refractivity contribution in [2.24, 2.45) is 0 Å². The topological polar surface area (TPSA) is 55.6 Å². The molecule has 0 saturated carbocycles. The molecule has 11 heavy (non-hydrogen) atoms. The summed E-state index contributed by atoms with van der Waals surface area (Å²) in [5.74, 6) is 0.343. The van der Waals surface area contributed by atoms with Crippen molar-refractivity contribution in [2.75, 3.05) is 19.5 Å². The van der Waals surface area contributed by atoms with Gasteiger partial charge in [-0.3, -0.25) is 0 Å². The van der Waals surface area contributed by atoms with Crippen LogP contribution < -0.4 is 0 Å². The van der Waals surface area contributed by atoms with Gasteiger partial charge in [0, 0.05) is 5.88 Å². The van der Waals surface area contributed by atoms with Crippen LogP contribution in [0.25, 0.3) is 0 Å². The van der Waals surface area contributed by atoms with Crippen LogP contribution in [0.2, 0.25) is 0 Å². The Labute approximate surface area is 70.0 Å². The standard InChI is InChI=1S/C5H11ClN2O3/c1-5(11-4-3-6)7(2)8(9)10/h5H,3-4H2,1-2H3. The van der Waals surface area contributed by atoms with Crippen LogP contribution in [0.15, 0.2) is 0 Å². The van der Waals surface area contributed by atoms with Crippen molar-refractivity contribution in [2.45, 2.75) is 13.2 Å². The smallest absolute Gasteiger partial charge is 0.183 e. The minimum atomic E-state index is -0.538. The van der Waals surface area contributed by atoms with Gasteiger partial charge in [0.2, 0.25) is 0 Å². The minimum Gasteiger partial charge on any atom is -0.352 e. The zero-order valence-electron chi connectivity index (χ0n) is 6.49. The third-order valence-corrected chi connectivity index (χ3v) is 1.37. The number of nitro groups is 1. The molecule has 0 aliphatic rings. The number of rotatable bonds is 5. The van der Waals surface area contributed by atoms with E-state index in [9.17, 15) is 10.1 Å². The summed E-state index contributed by atoms with van der Waals surface area (Å²) in [7, 11) is 1.35. The molecule has 0 amide bonds. The molecule has 0 spiro atoms. The maximum absolute atomic E-state index is 10.1. The average molecular weight is 183 g/mol. The van der Waals surface area contributed by atoms with Gasteiger partial charge in [-0.15, -0.1) is 16.6 Å². The minimum absolute atomic E-state index is 0.320. The van der Waals surface area contributed by atoms with Crippen molar-refractivity contribution in [1.82, 2.24) is 5.01 Å². The van der Waals surface area contributed by atoms with Crippen molar-refractivity contribution in [3.8, 4) is 0 Å². The number of ether oxygens (including phenoxy) is 1.